The van der Waals surface area contributed by atoms with Crippen molar-refractivity contribution in [1.82, 2.24) is 5.32 Å². The van der Waals surface area contributed by atoms with E-state index in [1.165, 1.54) is 10.5 Å². The second-order valence-electron chi connectivity index (χ2n) is 2.80. The molecule has 2 rings (SSSR count). The lowest BCUT2D eigenvalue weighted by atomic mass is 10.1. The Hall–Kier alpha value is -0.310. The highest BCUT2D eigenvalue weighted by atomic mass is 35.5. The lowest BCUT2D eigenvalue weighted by Gasteiger charge is -2.12. The van der Waals surface area contributed by atoms with Crippen molar-refractivity contribution in [2.24, 2.45) is 0 Å². The normalized spacial score (nSPS) is 17.6. The molecule has 0 spiro atoms. The average Bonchev–Trinajstić information content (AvgIpc) is 2.54. The SMILES string of the molecule is Clc1ccc(C2=CCCNC2)s1. The molecule has 3 heteroatoms. The quantitative estimate of drug-likeness (QED) is 0.734. The third-order valence-electron chi connectivity index (χ3n) is 1.92. The number of rotatable bonds is 1. The van der Waals surface area contributed by atoms with E-state index in [1.54, 1.807) is 11.3 Å². The molecule has 1 aromatic heterocycles. The van der Waals surface area contributed by atoms with Crippen molar-refractivity contribution in [1.29, 1.82) is 0 Å². The molecular weight excluding hydrogens is 190 g/mol. The summed E-state index contributed by atoms with van der Waals surface area (Å²) in [5.74, 6) is 0. The van der Waals surface area contributed by atoms with Crippen molar-refractivity contribution in [3.63, 3.8) is 0 Å². The van der Waals surface area contributed by atoms with Gasteiger partial charge in [-0.2, -0.15) is 0 Å². The molecule has 1 aliphatic heterocycles. The minimum absolute atomic E-state index is 0.872. The first kappa shape index (κ1) is 8.30. The molecule has 2 heterocycles. The molecule has 0 saturated heterocycles. The van der Waals surface area contributed by atoms with Crippen LogP contribution in [-0.4, -0.2) is 13.1 Å². The third kappa shape index (κ3) is 1.71. The van der Waals surface area contributed by atoms with Gasteiger partial charge in [-0.05, 0) is 30.7 Å². The molecular formula is C9H10ClNS. The van der Waals surface area contributed by atoms with Gasteiger partial charge in [0.2, 0.25) is 0 Å². The fraction of sp³-hybridized carbons (Fsp3) is 0.333. The van der Waals surface area contributed by atoms with Gasteiger partial charge in [-0.1, -0.05) is 17.7 Å². The molecule has 1 N–H and O–H groups in total. The predicted molar refractivity (Wildman–Crippen MR) is 54.8 cm³/mol. The Bertz CT molecular complexity index is 303. The molecule has 0 aliphatic carbocycles. The van der Waals surface area contributed by atoms with Crippen LogP contribution < -0.4 is 5.32 Å². The highest BCUT2D eigenvalue weighted by Crippen LogP contribution is 2.28. The molecule has 0 atom stereocenters. The number of hydrogen-bond donors (Lipinski definition) is 1. The van der Waals surface area contributed by atoms with E-state index in [2.05, 4.69) is 17.5 Å². The van der Waals surface area contributed by atoms with Crippen LogP contribution in [0.4, 0.5) is 0 Å². The maximum Gasteiger partial charge on any atom is 0.0934 e. The highest BCUT2D eigenvalue weighted by molar-refractivity contribution is 7.17. The second-order valence-corrected chi connectivity index (χ2v) is 4.51. The van der Waals surface area contributed by atoms with E-state index in [-0.39, 0.29) is 0 Å². The maximum atomic E-state index is 5.85. The molecule has 1 aromatic rings. The van der Waals surface area contributed by atoms with Crippen LogP contribution in [0.5, 0.6) is 0 Å². The van der Waals surface area contributed by atoms with Gasteiger partial charge in [0.05, 0.1) is 4.34 Å². The Kier molecular flexibility index (Phi) is 2.49. The molecule has 0 unspecified atom stereocenters. The van der Waals surface area contributed by atoms with Gasteiger partial charge in [0, 0.05) is 11.4 Å². The lowest BCUT2D eigenvalue weighted by molar-refractivity contribution is 0.740. The molecule has 64 valence electrons. The van der Waals surface area contributed by atoms with Crippen LogP contribution in [0.3, 0.4) is 0 Å². The van der Waals surface area contributed by atoms with Gasteiger partial charge in [0.15, 0.2) is 0 Å². The number of halogens is 1. The van der Waals surface area contributed by atoms with Crippen molar-refractivity contribution in [3.8, 4) is 0 Å². The molecule has 0 aromatic carbocycles. The Morgan fingerprint density at radius 1 is 1.42 bits per heavy atom. The van der Waals surface area contributed by atoms with E-state index in [4.69, 9.17) is 11.6 Å². The lowest BCUT2D eigenvalue weighted by Crippen LogP contribution is -2.20. The van der Waals surface area contributed by atoms with Crippen molar-refractivity contribution in [2.75, 3.05) is 13.1 Å². The van der Waals surface area contributed by atoms with Crippen LogP contribution in [0.1, 0.15) is 11.3 Å². The maximum absolute atomic E-state index is 5.85. The Labute approximate surface area is 81.1 Å². The van der Waals surface area contributed by atoms with E-state index in [0.29, 0.717) is 0 Å². The minimum atomic E-state index is 0.872. The number of nitrogens with one attached hydrogen (secondary N) is 1. The zero-order chi connectivity index (χ0) is 8.39. The summed E-state index contributed by atoms with van der Waals surface area (Å²) in [6, 6.07) is 4.04. The van der Waals surface area contributed by atoms with Gasteiger partial charge in [-0.15, -0.1) is 11.3 Å². The smallest absolute Gasteiger partial charge is 0.0934 e. The summed E-state index contributed by atoms with van der Waals surface area (Å²) in [5.41, 5.74) is 1.39. The summed E-state index contributed by atoms with van der Waals surface area (Å²) in [4.78, 5) is 1.30. The monoisotopic (exact) mass is 199 g/mol. The van der Waals surface area contributed by atoms with E-state index in [9.17, 15) is 0 Å². The zero-order valence-corrected chi connectivity index (χ0v) is 8.21. The van der Waals surface area contributed by atoms with E-state index in [1.807, 2.05) is 6.07 Å². The zero-order valence-electron chi connectivity index (χ0n) is 6.64. The van der Waals surface area contributed by atoms with Crippen LogP contribution in [0.25, 0.3) is 5.57 Å². The first-order chi connectivity index (χ1) is 5.86. The molecule has 0 bridgehead atoms. The average molecular weight is 200 g/mol. The van der Waals surface area contributed by atoms with Crippen LogP contribution in [0.15, 0.2) is 18.2 Å². The number of thiophene rings is 1. The van der Waals surface area contributed by atoms with Crippen molar-refractivity contribution < 1.29 is 0 Å². The molecule has 12 heavy (non-hydrogen) atoms. The molecule has 1 nitrogen and oxygen atoms in total. The first-order valence-electron chi connectivity index (χ1n) is 4.02. The van der Waals surface area contributed by atoms with Gasteiger partial charge in [-0.25, -0.2) is 0 Å². The highest BCUT2D eigenvalue weighted by Gasteiger charge is 2.06. The Morgan fingerprint density at radius 2 is 2.33 bits per heavy atom. The van der Waals surface area contributed by atoms with Gasteiger partial charge in [0.25, 0.3) is 0 Å². The molecule has 1 aliphatic rings. The van der Waals surface area contributed by atoms with Crippen LogP contribution in [-0.2, 0) is 0 Å². The van der Waals surface area contributed by atoms with Gasteiger partial charge in [-0.3, -0.25) is 0 Å². The molecule has 0 saturated carbocycles. The van der Waals surface area contributed by atoms with E-state index >= 15 is 0 Å². The largest absolute Gasteiger partial charge is 0.312 e. The van der Waals surface area contributed by atoms with Gasteiger partial charge < -0.3 is 5.32 Å². The fourth-order valence-corrected chi connectivity index (χ4v) is 2.40. The topological polar surface area (TPSA) is 12.0 Å². The third-order valence-corrected chi connectivity index (χ3v) is 3.22. The van der Waals surface area contributed by atoms with Crippen molar-refractivity contribution in [2.45, 2.75) is 6.42 Å². The Balaban J connectivity index is 2.23. The summed E-state index contributed by atoms with van der Waals surface area (Å²) < 4.78 is 0.872. The summed E-state index contributed by atoms with van der Waals surface area (Å²) in [5, 5.41) is 3.34. The molecule has 0 amide bonds. The Morgan fingerprint density at radius 3 is 2.92 bits per heavy atom. The van der Waals surface area contributed by atoms with E-state index < -0.39 is 0 Å². The second kappa shape index (κ2) is 3.60. The number of hydrogen-bond acceptors (Lipinski definition) is 2. The summed E-state index contributed by atoms with van der Waals surface area (Å²) >= 11 is 7.50. The van der Waals surface area contributed by atoms with Crippen LogP contribution in [0, 0.1) is 0 Å². The summed E-state index contributed by atoms with van der Waals surface area (Å²) in [7, 11) is 0. The summed E-state index contributed by atoms with van der Waals surface area (Å²) in [6.07, 6.45) is 3.42. The standard InChI is InChI=1S/C9H10ClNS/c10-9-4-3-8(12-9)7-2-1-5-11-6-7/h2-4,11H,1,5-6H2. The van der Waals surface area contributed by atoms with Gasteiger partial charge >= 0.3 is 0 Å². The van der Waals surface area contributed by atoms with Crippen LogP contribution in [0.2, 0.25) is 4.34 Å². The van der Waals surface area contributed by atoms with Crippen LogP contribution >= 0.6 is 22.9 Å². The van der Waals surface area contributed by atoms with E-state index in [0.717, 1.165) is 23.8 Å². The molecule has 0 fully saturated rings. The summed E-state index contributed by atoms with van der Waals surface area (Å²) in [6.45, 7) is 2.08. The first-order valence-corrected chi connectivity index (χ1v) is 5.21. The van der Waals surface area contributed by atoms with Crippen molar-refractivity contribution in [3.05, 3.63) is 27.4 Å². The predicted octanol–water partition coefficient (Wildman–Crippen LogP) is 2.78. The molecule has 0 radical (unpaired) electrons. The fourth-order valence-electron chi connectivity index (χ4n) is 1.32. The van der Waals surface area contributed by atoms with Crippen molar-refractivity contribution >= 4 is 28.5 Å². The minimum Gasteiger partial charge on any atom is -0.312 e. The van der Waals surface area contributed by atoms with Gasteiger partial charge in [0.1, 0.15) is 0 Å².